The third-order valence-electron chi connectivity index (χ3n) is 2.71. The maximum absolute atomic E-state index is 4.47. The number of rotatable bonds is 4. The van der Waals surface area contributed by atoms with Gasteiger partial charge in [0.05, 0.1) is 16.2 Å². The second-order valence-corrected chi connectivity index (χ2v) is 6.35. The Balaban J connectivity index is 2.06. The molecule has 17 heavy (non-hydrogen) atoms. The number of hydrogen-bond acceptors (Lipinski definition) is 5. The normalized spacial score (nSPS) is 14.8. The highest BCUT2D eigenvalue weighted by Crippen LogP contribution is 2.27. The van der Waals surface area contributed by atoms with E-state index in [9.17, 15) is 0 Å². The highest BCUT2D eigenvalue weighted by Gasteiger charge is 2.16. The van der Waals surface area contributed by atoms with E-state index in [0.29, 0.717) is 12.1 Å². The van der Waals surface area contributed by atoms with Gasteiger partial charge in [-0.2, -0.15) is 0 Å². The highest BCUT2D eigenvalue weighted by molar-refractivity contribution is 7.11. The average molecular weight is 267 g/mol. The number of hydrogen-bond donors (Lipinski definition) is 1. The first-order valence-electron chi connectivity index (χ1n) is 5.66. The fourth-order valence-corrected chi connectivity index (χ4v) is 3.50. The minimum atomic E-state index is 0.332. The molecule has 2 heterocycles. The summed E-state index contributed by atoms with van der Waals surface area (Å²) >= 11 is 3.47. The van der Waals surface area contributed by atoms with Crippen LogP contribution in [-0.4, -0.2) is 9.97 Å². The Morgan fingerprint density at radius 3 is 2.53 bits per heavy atom. The molecule has 0 saturated carbocycles. The van der Waals surface area contributed by atoms with Gasteiger partial charge in [-0.3, -0.25) is 4.98 Å². The molecular weight excluding hydrogens is 250 g/mol. The molecule has 0 radical (unpaired) electrons. The first-order valence-corrected chi connectivity index (χ1v) is 7.36. The van der Waals surface area contributed by atoms with Crippen molar-refractivity contribution in [1.82, 2.24) is 15.3 Å². The SMILES string of the molecule is Cc1nc(C)c(C(C)NC(C)c2cncs2)s1. The Labute approximate surface area is 110 Å². The minimum Gasteiger partial charge on any atom is -0.302 e. The molecule has 0 aliphatic heterocycles. The molecule has 2 aromatic heterocycles. The molecule has 2 atom stereocenters. The van der Waals surface area contributed by atoms with Crippen LogP contribution in [0.15, 0.2) is 11.7 Å². The standard InChI is InChI=1S/C12H17N3S2/c1-7(11-5-13-6-16-11)14-8(2)12-9(3)15-10(4)17-12/h5-8,14H,1-4H3. The molecule has 0 fully saturated rings. The minimum absolute atomic E-state index is 0.332. The van der Waals surface area contributed by atoms with E-state index in [1.807, 2.05) is 11.7 Å². The van der Waals surface area contributed by atoms with Crippen molar-refractivity contribution in [3.05, 3.63) is 32.2 Å². The largest absolute Gasteiger partial charge is 0.302 e. The van der Waals surface area contributed by atoms with Crippen molar-refractivity contribution in [3.8, 4) is 0 Å². The molecule has 2 aromatic rings. The predicted molar refractivity (Wildman–Crippen MR) is 73.7 cm³/mol. The lowest BCUT2D eigenvalue weighted by Crippen LogP contribution is -2.21. The van der Waals surface area contributed by atoms with E-state index < -0.39 is 0 Å². The van der Waals surface area contributed by atoms with Crippen molar-refractivity contribution in [3.63, 3.8) is 0 Å². The van der Waals surface area contributed by atoms with Crippen molar-refractivity contribution < 1.29 is 0 Å². The Morgan fingerprint density at radius 2 is 2.00 bits per heavy atom. The van der Waals surface area contributed by atoms with E-state index in [2.05, 4.69) is 43.0 Å². The van der Waals surface area contributed by atoms with Gasteiger partial charge in [0.25, 0.3) is 0 Å². The lowest BCUT2D eigenvalue weighted by molar-refractivity contribution is 0.503. The molecule has 0 aromatic carbocycles. The lowest BCUT2D eigenvalue weighted by atomic mass is 10.2. The van der Waals surface area contributed by atoms with Gasteiger partial charge in [0.15, 0.2) is 0 Å². The number of nitrogens with zero attached hydrogens (tertiary/aromatic N) is 2. The van der Waals surface area contributed by atoms with Crippen molar-refractivity contribution >= 4 is 22.7 Å². The second kappa shape index (κ2) is 5.25. The van der Waals surface area contributed by atoms with E-state index in [4.69, 9.17) is 0 Å². The molecule has 0 amide bonds. The summed E-state index contributed by atoms with van der Waals surface area (Å²) in [5.74, 6) is 0. The molecule has 0 spiro atoms. The van der Waals surface area contributed by atoms with Crippen LogP contribution in [0.5, 0.6) is 0 Å². The van der Waals surface area contributed by atoms with Gasteiger partial charge >= 0.3 is 0 Å². The molecule has 92 valence electrons. The fourth-order valence-electron chi connectivity index (χ4n) is 1.92. The van der Waals surface area contributed by atoms with Crippen LogP contribution in [0.1, 0.15) is 46.4 Å². The van der Waals surface area contributed by atoms with Crippen LogP contribution in [0.25, 0.3) is 0 Å². The van der Waals surface area contributed by atoms with Crippen molar-refractivity contribution in [1.29, 1.82) is 0 Å². The van der Waals surface area contributed by atoms with Crippen molar-refractivity contribution in [2.75, 3.05) is 0 Å². The maximum Gasteiger partial charge on any atom is 0.0900 e. The third-order valence-corrected chi connectivity index (χ3v) is 4.92. The molecule has 5 heteroatoms. The Bertz CT molecular complexity index is 476. The smallest absolute Gasteiger partial charge is 0.0900 e. The number of aromatic nitrogens is 2. The Hall–Kier alpha value is -0.780. The summed E-state index contributed by atoms with van der Waals surface area (Å²) < 4.78 is 0. The molecule has 0 saturated heterocycles. The van der Waals surface area contributed by atoms with Crippen LogP contribution in [0.4, 0.5) is 0 Å². The van der Waals surface area contributed by atoms with Gasteiger partial charge in [-0.05, 0) is 27.7 Å². The van der Waals surface area contributed by atoms with Gasteiger partial charge in [-0.1, -0.05) is 0 Å². The summed E-state index contributed by atoms with van der Waals surface area (Å²) in [6.45, 7) is 8.50. The summed E-state index contributed by atoms with van der Waals surface area (Å²) in [7, 11) is 0. The Kier molecular flexibility index (Phi) is 3.91. The van der Waals surface area contributed by atoms with Crippen molar-refractivity contribution in [2.24, 2.45) is 0 Å². The highest BCUT2D eigenvalue weighted by atomic mass is 32.1. The van der Waals surface area contributed by atoms with E-state index >= 15 is 0 Å². The zero-order valence-electron chi connectivity index (χ0n) is 10.5. The van der Waals surface area contributed by atoms with Gasteiger partial charge in [-0.15, -0.1) is 22.7 Å². The summed E-state index contributed by atoms with van der Waals surface area (Å²) in [6, 6.07) is 0.664. The quantitative estimate of drug-likeness (QED) is 0.919. The van der Waals surface area contributed by atoms with Gasteiger partial charge in [0.1, 0.15) is 0 Å². The van der Waals surface area contributed by atoms with Gasteiger partial charge in [-0.25, -0.2) is 4.98 Å². The van der Waals surface area contributed by atoms with Crippen LogP contribution < -0.4 is 5.32 Å². The fraction of sp³-hybridized carbons (Fsp3) is 0.500. The summed E-state index contributed by atoms with van der Waals surface area (Å²) in [5, 5.41) is 4.73. The third kappa shape index (κ3) is 2.91. The zero-order chi connectivity index (χ0) is 12.4. The van der Waals surface area contributed by atoms with Crippen LogP contribution in [-0.2, 0) is 0 Å². The van der Waals surface area contributed by atoms with Gasteiger partial charge in [0.2, 0.25) is 0 Å². The van der Waals surface area contributed by atoms with Crippen LogP contribution in [0, 0.1) is 13.8 Å². The van der Waals surface area contributed by atoms with E-state index in [1.54, 1.807) is 22.7 Å². The molecular formula is C12H17N3S2. The van der Waals surface area contributed by atoms with Crippen LogP contribution >= 0.6 is 22.7 Å². The monoisotopic (exact) mass is 267 g/mol. The molecule has 0 bridgehead atoms. The van der Waals surface area contributed by atoms with E-state index in [1.165, 1.54) is 9.75 Å². The molecule has 0 aliphatic carbocycles. The zero-order valence-corrected chi connectivity index (χ0v) is 12.2. The summed E-state index contributed by atoms with van der Waals surface area (Å²) in [5.41, 5.74) is 3.02. The first kappa shape index (κ1) is 12.7. The average Bonchev–Trinajstić information content (AvgIpc) is 2.87. The number of nitrogens with one attached hydrogen (secondary N) is 1. The predicted octanol–water partition coefficient (Wildman–Crippen LogP) is 3.63. The molecule has 1 N–H and O–H groups in total. The van der Waals surface area contributed by atoms with Gasteiger partial charge in [0, 0.05) is 28.0 Å². The summed E-state index contributed by atoms with van der Waals surface area (Å²) in [4.78, 5) is 11.2. The second-order valence-electron chi connectivity index (χ2n) is 4.20. The topological polar surface area (TPSA) is 37.8 Å². The summed E-state index contributed by atoms with van der Waals surface area (Å²) in [6.07, 6.45) is 1.93. The van der Waals surface area contributed by atoms with Crippen LogP contribution in [0.2, 0.25) is 0 Å². The molecule has 2 unspecified atom stereocenters. The molecule has 3 nitrogen and oxygen atoms in total. The Morgan fingerprint density at radius 1 is 1.24 bits per heavy atom. The first-order chi connectivity index (χ1) is 8.08. The van der Waals surface area contributed by atoms with Crippen molar-refractivity contribution in [2.45, 2.75) is 39.8 Å². The maximum atomic E-state index is 4.47. The van der Waals surface area contributed by atoms with E-state index in [0.717, 1.165) is 10.7 Å². The lowest BCUT2D eigenvalue weighted by Gasteiger charge is -2.18. The van der Waals surface area contributed by atoms with Gasteiger partial charge < -0.3 is 5.32 Å². The van der Waals surface area contributed by atoms with Crippen LogP contribution in [0.3, 0.4) is 0 Å². The number of aryl methyl sites for hydroxylation is 2. The van der Waals surface area contributed by atoms with E-state index in [-0.39, 0.29) is 0 Å². The molecule has 2 rings (SSSR count). The number of thiazole rings is 2. The molecule has 0 aliphatic rings.